The van der Waals surface area contributed by atoms with E-state index in [-0.39, 0.29) is 13.2 Å². The maximum absolute atomic E-state index is 11.1. The predicted molar refractivity (Wildman–Crippen MR) is 61.3 cm³/mol. The van der Waals surface area contributed by atoms with Crippen LogP contribution in [-0.2, 0) is 4.74 Å². The summed E-state index contributed by atoms with van der Waals surface area (Å²) in [6.45, 7) is 7.12. The first-order valence-corrected chi connectivity index (χ1v) is 5.89. The number of rotatable bonds is 5. The summed E-state index contributed by atoms with van der Waals surface area (Å²) in [5, 5.41) is 11.2. The number of aliphatic hydroxyl groups is 1. The molecule has 0 aromatic rings. The molecule has 1 unspecified atom stereocenters. The van der Waals surface area contributed by atoms with E-state index in [2.05, 4.69) is 24.1 Å². The van der Waals surface area contributed by atoms with E-state index in [9.17, 15) is 4.79 Å². The molecule has 5 nitrogen and oxygen atoms in total. The fourth-order valence-electron chi connectivity index (χ4n) is 1.92. The number of hydrogen-bond acceptors (Lipinski definition) is 4. The molecule has 1 rings (SSSR count). The molecule has 1 amide bonds. The lowest BCUT2D eigenvalue weighted by atomic mass is 10.1. The van der Waals surface area contributed by atoms with Crippen LogP contribution >= 0.6 is 0 Å². The minimum atomic E-state index is -0.433. The van der Waals surface area contributed by atoms with Gasteiger partial charge in [-0.3, -0.25) is 0 Å². The lowest BCUT2D eigenvalue weighted by Gasteiger charge is -2.20. The van der Waals surface area contributed by atoms with Crippen molar-refractivity contribution in [3.05, 3.63) is 0 Å². The molecule has 5 heteroatoms. The van der Waals surface area contributed by atoms with Crippen molar-refractivity contribution in [3.63, 3.8) is 0 Å². The van der Waals surface area contributed by atoms with Gasteiger partial charge in [0.15, 0.2) is 0 Å². The SMILES string of the molecule is CC(C)N1CCC(CNC(=O)OCCO)C1. The Kier molecular flexibility index (Phi) is 5.55. The van der Waals surface area contributed by atoms with Gasteiger partial charge in [-0.05, 0) is 32.7 Å². The Morgan fingerprint density at radius 1 is 1.62 bits per heavy atom. The quantitative estimate of drug-likeness (QED) is 0.719. The van der Waals surface area contributed by atoms with Crippen LogP contribution in [0.15, 0.2) is 0 Å². The maximum Gasteiger partial charge on any atom is 0.407 e. The first-order chi connectivity index (χ1) is 7.63. The number of likely N-dealkylation sites (tertiary alicyclic amines) is 1. The van der Waals surface area contributed by atoms with Crippen molar-refractivity contribution >= 4 is 6.09 Å². The van der Waals surface area contributed by atoms with Gasteiger partial charge in [-0.1, -0.05) is 0 Å². The number of amides is 1. The van der Waals surface area contributed by atoms with Gasteiger partial charge in [0.05, 0.1) is 6.61 Å². The Balaban J connectivity index is 2.12. The highest BCUT2D eigenvalue weighted by Gasteiger charge is 2.24. The first kappa shape index (κ1) is 13.3. The largest absolute Gasteiger partial charge is 0.447 e. The van der Waals surface area contributed by atoms with Gasteiger partial charge in [0.2, 0.25) is 0 Å². The lowest BCUT2D eigenvalue weighted by molar-refractivity contribution is 0.118. The molecule has 1 aliphatic rings. The maximum atomic E-state index is 11.1. The summed E-state index contributed by atoms with van der Waals surface area (Å²) in [5.74, 6) is 0.518. The Hall–Kier alpha value is -0.810. The first-order valence-electron chi connectivity index (χ1n) is 5.89. The normalized spacial score (nSPS) is 21.4. The highest BCUT2D eigenvalue weighted by atomic mass is 16.6. The summed E-state index contributed by atoms with van der Waals surface area (Å²) in [7, 11) is 0. The summed E-state index contributed by atoms with van der Waals surface area (Å²) < 4.78 is 4.71. The molecule has 16 heavy (non-hydrogen) atoms. The number of aliphatic hydroxyl groups excluding tert-OH is 1. The van der Waals surface area contributed by atoms with E-state index < -0.39 is 6.09 Å². The van der Waals surface area contributed by atoms with Crippen LogP contribution in [0.3, 0.4) is 0 Å². The molecule has 1 fully saturated rings. The summed E-state index contributed by atoms with van der Waals surface area (Å²) >= 11 is 0. The molecule has 1 aliphatic heterocycles. The molecule has 1 atom stereocenters. The third-order valence-electron chi connectivity index (χ3n) is 2.91. The van der Waals surface area contributed by atoms with Crippen molar-refractivity contribution < 1.29 is 14.6 Å². The predicted octanol–water partition coefficient (Wildman–Crippen LogP) is 0.435. The van der Waals surface area contributed by atoms with Crippen LogP contribution in [0.1, 0.15) is 20.3 Å². The molecule has 0 aliphatic carbocycles. The van der Waals surface area contributed by atoms with Gasteiger partial charge in [-0.25, -0.2) is 4.79 Å². The summed E-state index contributed by atoms with van der Waals surface area (Å²) in [5.41, 5.74) is 0. The zero-order chi connectivity index (χ0) is 12.0. The second kappa shape index (κ2) is 6.70. The highest BCUT2D eigenvalue weighted by molar-refractivity contribution is 5.67. The molecule has 2 N–H and O–H groups in total. The Morgan fingerprint density at radius 3 is 2.94 bits per heavy atom. The molecule has 0 aromatic heterocycles. The van der Waals surface area contributed by atoms with Gasteiger partial charge in [0.1, 0.15) is 6.61 Å². The topological polar surface area (TPSA) is 61.8 Å². The van der Waals surface area contributed by atoms with Gasteiger partial charge < -0.3 is 20.1 Å². The number of nitrogens with one attached hydrogen (secondary N) is 1. The van der Waals surface area contributed by atoms with Crippen molar-refractivity contribution in [1.29, 1.82) is 0 Å². The van der Waals surface area contributed by atoms with E-state index in [1.807, 2.05) is 0 Å². The number of alkyl carbamates (subject to hydrolysis) is 1. The van der Waals surface area contributed by atoms with Crippen LogP contribution in [0.4, 0.5) is 4.79 Å². The molecule has 1 heterocycles. The zero-order valence-corrected chi connectivity index (χ0v) is 10.1. The second-order valence-corrected chi connectivity index (χ2v) is 4.48. The summed E-state index contributed by atoms with van der Waals surface area (Å²) in [6, 6.07) is 0.575. The minimum Gasteiger partial charge on any atom is -0.447 e. The molecule has 0 aromatic carbocycles. The smallest absolute Gasteiger partial charge is 0.407 e. The van der Waals surface area contributed by atoms with E-state index in [0.717, 1.165) is 19.5 Å². The van der Waals surface area contributed by atoms with Crippen LogP contribution < -0.4 is 5.32 Å². The van der Waals surface area contributed by atoms with E-state index in [1.165, 1.54) is 0 Å². The highest BCUT2D eigenvalue weighted by Crippen LogP contribution is 2.17. The van der Waals surface area contributed by atoms with Gasteiger partial charge in [0.25, 0.3) is 0 Å². The minimum absolute atomic E-state index is 0.0641. The molecule has 1 saturated heterocycles. The van der Waals surface area contributed by atoms with Crippen molar-refractivity contribution in [2.75, 3.05) is 32.8 Å². The fourth-order valence-corrected chi connectivity index (χ4v) is 1.92. The summed E-state index contributed by atoms with van der Waals surface area (Å²) in [4.78, 5) is 13.5. The Labute approximate surface area is 96.8 Å². The molecule has 0 saturated carbocycles. The monoisotopic (exact) mass is 230 g/mol. The average Bonchev–Trinajstić information content (AvgIpc) is 2.72. The van der Waals surface area contributed by atoms with E-state index in [1.54, 1.807) is 0 Å². The van der Waals surface area contributed by atoms with E-state index >= 15 is 0 Å². The zero-order valence-electron chi connectivity index (χ0n) is 10.1. The third kappa shape index (κ3) is 4.37. The van der Waals surface area contributed by atoms with Gasteiger partial charge in [-0.15, -0.1) is 0 Å². The van der Waals surface area contributed by atoms with Crippen LogP contribution in [0.2, 0.25) is 0 Å². The number of carbonyl (C=O) groups excluding carboxylic acids is 1. The van der Waals surface area contributed by atoms with Gasteiger partial charge in [-0.2, -0.15) is 0 Å². The Bertz CT molecular complexity index is 221. The molecule has 0 radical (unpaired) electrons. The lowest BCUT2D eigenvalue weighted by Crippen LogP contribution is -2.33. The molecule has 94 valence electrons. The molecular formula is C11H22N2O3. The van der Waals surface area contributed by atoms with E-state index in [4.69, 9.17) is 9.84 Å². The van der Waals surface area contributed by atoms with Crippen LogP contribution in [-0.4, -0.2) is 55.0 Å². The summed E-state index contributed by atoms with van der Waals surface area (Å²) in [6.07, 6.45) is 0.690. The fraction of sp³-hybridized carbons (Fsp3) is 0.909. The average molecular weight is 230 g/mol. The molecule has 0 spiro atoms. The standard InChI is InChI=1S/C11H22N2O3/c1-9(2)13-4-3-10(8-13)7-12-11(15)16-6-5-14/h9-10,14H,3-8H2,1-2H3,(H,12,15). The van der Waals surface area contributed by atoms with Crippen LogP contribution in [0, 0.1) is 5.92 Å². The van der Waals surface area contributed by atoms with E-state index in [0.29, 0.717) is 18.5 Å². The van der Waals surface area contributed by atoms with Gasteiger partial charge in [0, 0.05) is 19.1 Å². The number of nitrogens with zero attached hydrogens (tertiary/aromatic N) is 1. The third-order valence-corrected chi connectivity index (χ3v) is 2.91. The van der Waals surface area contributed by atoms with Crippen LogP contribution in [0.5, 0.6) is 0 Å². The Morgan fingerprint density at radius 2 is 2.38 bits per heavy atom. The number of hydrogen-bond donors (Lipinski definition) is 2. The van der Waals surface area contributed by atoms with Crippen molar-refractivity contribution in [2.24, 2.45) is 5.92 Å². The van der Waals surface area contributed by atoms with Gasteiger partial charge >= 0.3 is 6.09 Å². The van der Waals surface area contributed by atoms with Crippen LogP contribution in [0.25, 0.3) is 0 Å². The van der Waals surface area contributed by atoms with Crippen molar-refractivity contribution in [3.8, 4) is 0 Å². The number of ether oxygens (including phenoxy) is 1. The molecular weight excluding hydrogens is 208 g/mol. The van der Waals surface area contributed by atoms with Crippen molar-refractivity contribution in [2.45, 2.75) is 26.3 Å². The van der Waals surface area contributed by atoms with Crippen molar-refractivity contribution in [1.82, 2.24) is 10.2 Å². The second-order valence-electron chi connectivity index (χ2n) is 4.48. The molecule has 0 bridgehead atoms. The number of carbonyl (C=O) groups is 1.